The van der Waals surface area contributed by atoms with Crippen molar-refractivity contribution in [2.75, 3.05) is 5.32 Å². The van der Waals surface area contributed by atoms with E-state index in [-0.39, 0.29) is 0 Å². The maximum absolute atomic E-state index is 11.3. The fourth-order valence-corrected chi connectivity index (χ4v) is 1.59. The third-order valence-electron chi connectivity index (χ3n) is 2.21. The highest BCUT2D eigenvalue weighted by atomic mass is 16.6. The van der Waals surface area contributed by atoms with Crippen molar-refractivity contribution in [3.05, 3.63) is 11.4 Å². The van der Waals surface area contributed by atoms with Crippen LogP contribution in [0, 0.1) is 6.92 Å². The first-order valence-electron chi connectivity index (χ1n) is 4.52. The summed E-state index contributed by atoms with van der Waals surface area (Å²) in [6, 6.07) is 0. The molecule has 1 aromatic rings. The molecule has 0 saturated carbocycles. The number of anilines is 1. The summed E-state index contributed by atoms with van der Waals surface area (Å²) < 4.78 is 5.19. The Morgan fingerprint density at radius 1 is 1.50 bits per heavy atom. The molecule has 14 heavy (non-hydrogen) atoms. The molecule has 0 unspecified atom stereocenters. The molecule has 76 valence electrons. The summed E-state index contributed by atoms with van der Waals surface area (Å²) in [5.41, 5.74) is 1.95. The first-order valence-corrected chi connectivity index (χ1v) is 4.52. The molecule has 0 radical (unpaired) electrons. The fourth-order valence-electron chi connectivity index (χ4n) is 1.59. The molecular formula is C9H13N3O2. The van der Waals surface area contributed by atoms with Gasteiger partial charge in [0.1, 0.15) is 5.60 Å². The zero-order valence-corrected chi connectivity index (χ0v) is 8.47. The lowest BCUT2D eigenvalue weighted by Crippen LogP contribution is -2.30. The lowest BCUT2D eigenvalue weighted by atomic mass is 10.0. The van der Waals surface area contributed by atoms with Crippen LogP contribution in [0.3, 0.4) is 0 Å². The number of H-pyrrole nitrogens is 1. The summed E-state index contributed by atoms with van der Waals surface area (Å²) in [5, 5.41) is 9.64. The minimum Gasteiger partial charge on any atom is -0.443 e. The van der Waals surface area contributed by atoms with Crippen LogP contribution in [0.15, 0.2) is 0 Å². The number of hydrogen-bond acceptors (Lipinski definition) is 3. The predicted octanol–water partition coefficient (Wildman–Crippen LogP) is 1.60. The summed E-state index contributed by atoms with van der Waals surface area (Å²) >= 11 is 0. The Morgan fingerprint density at radius 2 is 2.21 bits per heavy atom. The van der Waals surface area contributed by atoms with Crippen LogP contribution >= 0.6 is 0 Å². The molecule has 1 amide bonds. The highest BCUT2D eigenvalue weighted by Crippen LogP contribution is 2.27. The molecule has 5 nitrogen and oxygen atoms in total. The molecule has 1 aliphatic rings. The third kappa shape index (κ3) is 1.45. The zero-order valence-electron chi connectivity index (χ0n) is 8.47. The van der Waals surface area contributed by atoms with E-state index in [0.717, 1.165) is 17.1 Å². The molecule has 5 heteroatoms. The van der Waals surface area contributed by atoms with Gasteiger partial charge in [0.2, 0.25) is 0 Å². The van der Waals surface area contributed by atoms with Crippen molar-refractivity contribution in [1.82, 2.24) is 10.2 Å². The van der Waals surface area contributed by atoms with E-state index >= 15 is 0 Å². The van der Waals surface area contributed by atoms with E-state index in [2.05, 4.69) is 15.5 Å². The number of amides is 1. The summed E-state index contributed by atoms with van der Waals surface area (Å²) in [6.45, 7) is 5.60. The summed E-state index contributed by atoms with van der Waals surface area (Å²) in [5.74, 6) is 0. The first kappa shape index (κ1) is 9.05. The maximum atomic E-state index is 11.3. The number of hydrogen-bond donors (Lipinski definition) is 2. The average molecular weight is 195 g/mol. The fraction of sp³-hybridized carbons (Fsp3) is 0.556. The SMILES string of the molecule is Cc1[nH]nc2c1NC(=O)OC(C)(C)C2. The molecule has 1 aliphatic heterocycles. The Labute approximate surface area is 81.8 Å². The van der Waals surface area contributed by atoms with Gasteiger partial charge >= 0.3 is 6.09 Å². The van der Waals surface area contributed by atoms with Crippen LogP contribution in [0.1, 0.15) is 25.2 Å². The first-order chi connectivity index (χ1) is 6.48. The Balaban J connectivity index is 2.44. The van der Waals surface area contributed by atoms with Crippen molar-refractivity contribution in [1.29, 1.82) is 0 Å². The molecule has 0 aromatic carbocycles. The average Bonchev–Trinajstić information content (AvgIpc) is 2.31. The van der Waals surface area contributed by atoms with Crippen molar-refractivity contribution in [3.8, 4) is 0 Å². The number of aromatic nitrogens is 2. The van der Waals surface area contributed by atoms with Gasteiger partial charge in [0.15, 0.2) is 0 Å². The standard InChI is InChI=1S/C9H13N3O2/c1-5-7-6(12-11-5)4-9(2,3)14-8(13)10-7/h4H2,1-3H3,(H,10,13)(H,11,12). The number of ether oxygens (including phenoxy) is 1. The van der Waals surface area contributed by atoms with E-state index in [1.54, 1.807) is 0 Å². The van der Waals surface area contributed by atoms with Gasteiger partial charge in [0, 0.05) is 6.42 Å². The molecule has 0 bridgehead atoms. The predicted molar refractivity (Wildman–Crippen MR) is 51.2 cm³/mol. The van der Waals surface area contributed by atoms with Crippen molar-refractivity contribution in [3.63, 3.8) is 0 Å². The van der Waals surface area contributed by atoms with Gasteiger partial charge in [-0.2, -0.15) is 5.10 Å². The van der Waals surface area contributed by atoms with Gasteiger partial charge in [-0.25, -0.2) is 4.79 Å². The van der Waals surface area contributed by atoms with Crippen molar-refractivity contribution in [2.45, 2.75) is 32.8 Å². The Hall–Kier alpha value is -1.52. The summed E-state index contributed by atoms with van der Waals surface area (Å²) in [7, 11) is 0. The van der Waals surface area contributed by atoms with Crippen molar-refractivity contribution >= 4 is 11.8 Å². The quantitative estimate of drug-likeness (QED) is 0.660. The monoisotopic (exact) mass is 195 g/mol. The number of aromatic amines is 1. The molecule has 2 heterocycles. The van der Waals surface area contributed by atoms with E-state index < -0.39 is 11.7 Å². The summed E-state index contributed by atoms with van der Waals surface area (Å²) in [6.07, 6.45) is 0.198. The molecular weight excluding hydrogens is 182 g/mol. The van der Waals surface area contributed by atoms with Crippen LogP contribution in [0.25, 0.3) is 0 Å². The normalized spacial score (nSPS) is 19.2. The minimum atomic E-state index is -0.503. The highest BCUT2D eigenvalue weighted by molar-refractivity contribution is 5.87. The highest BCUT2D eigenvalue weighted by Gasteiger charge is 2.31. The van der Waals surface area contributed by atoms with Crippen LogP contribution in [-0.2, 0) is 11.2 Å². The molecule has 0 aliphatic carbocycles. The molecule has 0 atom stereocenters. The lowest BCUT2D eigenvalue weighted by Gasteiger charge is -2.20. The van der Waals surface area contributed by atoms with Gasteiger partial charge in [-0.05, 0) is 20.8 Å². The van der Waals surface area contributed by atoms with Gasteiger partial charge < -0.3 is 4.74 Å². The number of cyclic esters (lactones) is 1. The Bertz CT molecular complexity index is 381. The third-order valence-corrected chi connectivity index (χ3v) is 2.21. The van der Waals surface area contributed by atoms with Crippen molar-refractivity contribution in [2.24, 2.45) is 0 Å². The lowest BCUT2D eigenvalue weighted by molar-refractivity contribution is 0.0512. The minimum absolute atomic E-state index is 0.418. The number of nitrogens with one attached hydrogen (secondary N) is 2. The van der Waals surface area contributed by atoms with E-state index in [1.807, 2.05) is 20.8 Å². The number of fused-ring (bicyclic) bond motifs is 1. The Morgan fingerprint density at radius 3 is 2.93 bits per heavy atom. The maximum Gasteiger partial charge on any atom is 0.412 e. The Kier molecular flexibility index (Phi) is 1.77. The summed E-state index contributed by atoms with van der Waals surface area (Å²) in [4.78, 5) is 11.3. The van der Waals surface area contributed by atoms with Gasteiger partial charge in [-0.3, -0.25) is 10.4 Å². The van der Waals surface area contributed by atoms with Crippen LogP contribution in [-0.4, -0.2) is 21.9 Å². The van der Waals surface area contributed by atoms with E-state index in [0.29, 0.717) is 6.42 Å². The number of aryl methyl sites for hydroxylation is 1. The van der Waals surface area contributed by atoms with Gasteiger partial charge in [-0.1, -0.05) is 0 Å². The second kappa shape index (κ2) is 2.73. The van der Waals surface area contributed by atoms with E-state index in [1.165, 1.54) is 0 Å². The largest absolute Gasteiger partial charge is 0.443 e. The van der Waals surface area contributed by atoms with Crippen LogP contribution in [0.2, 0.25) is 0 Å². The molecule has 0 fully saturated rings. The molecule has 2 N–H and O–H groups in total. The second-order valence-electron chi connectivity index (χ2n) is 4.12. The molecule has 0 saturated heterocycles. The molecule has 2 rings (SSSR count). The smallest absolute Gasteiger partial charge is 0.412 e. The van der Waals surface area contributed by atoms with E-state index in [9.17, 15) is 4.79 Å². The zero-order chi connectivity index (χ0) is 10.3. The molecule has 0 spiro atoms. The second-order valence-corrected chi connectivity index (χ2v) is 4.12. The van der Waals surface area contributed by atoms with Gasteiger partial charge in [0.05, 0.1) is 17.1 Å². The number of carbonyl (C=O) groups is 1. The van der Waals surface area contributed by atoms with Gasteiger partial charge in [0.25, 0.3) is 0 Å². The van der Waals surface area contributed by atoms with Crippen LogP contribution in [0.4, 0.5) is 10.5 Å². The van der Waals surface area contributed by atoms with Crippen LogP contribution in [0.5, 0.6) is 0 Å². The van der Waals surface area contributed by atoms with Crippen molar-refractivity contribution < 1.29 is 9.53 Å². The number of nitrogens with zero attached hydrogens (tertiary/aromatic N) is 1. The van der Waals surface area contributed by atoms with Gasteiger partial charge in [-0.15, -0.1) is 0 Å². The topological polar surface area (TPSA) is 67.0 Å². The van der Waals surface area contributed by atoms with Crippen LogP contribution < -0.4 is 5.32 Å². The number of carbonyl (C=O) groups excluding carboxylic acids is 1. The molecule has 1 aromatic heterocycles. The number of rotatable bonds is 0. The van der Waals surface area contributed by atoms with E-state index in [4.69, 9.17) is 4.74 Å².